The Balaban J connectivity index is 1.56. The van der Waals surface area contributed by atoms with Gasteiger partial charge in [0.2, 0.25) is 0 Å². The molecule has 0 aliphatic heterocycles. The van der Waals surface area contributed by atoms with Crippen molar-refractivity contribution in [2.24, 2.45) is 0 Å². The molecule has 0 fully saturated rings. The lowest BCUT2D eigenvalue weighted by Gasteiger charge is -2.16. The van der Waals surface area contributed by atoms with E-state index in [1.807, 2.05) is 17.5 Å². The lowest BCUT2D eigenvalue weighted by Crippen LogP contribution is -2.31. The van der Waals surface area contributed by atoms with E-state index in [2.05, 4.69) is 0 Å². The molecule has 3 rings (SSSR count). The standard InChI is InChI=1S/C17H16N2O5S/c1-18(9-12-5-4-8-25-12)15(20)11-23-16(21)10-19-13-6-2-3-7-14(13)24-17(19)22/h2-8H,9-11H2,1H3. The van der Waals surface area contributed by atoms with Crippen LogP contribution in [-0.4, -0.2) is 35.0 Å². The van der Waals surface area contributed by atoms with Crippen LogP contribution in [0.2, 0.25) is 0 Å². The first-order valence-electron chi connectivity index (χ1n) is 7.55. The van der Waals surface area contributed by atoms with Crippen LogP contribution in [0.15, 0.2) is 51.0 Å². The number of carbonyl (C=O) groups is 2. The summed E-state index contributed by atoms with van der Waals surface area (Å²) < 4.78 is 11.2. The predicted octanol–water partition coefficient (Wildman–Crippen LogP) is 1.86. The third-order valence-electron chi connectivity index (χ3n) is 3.62. The molecular weight excluding hydrogens is 344 g/mol. The quantitative estimate of drug-likeness (QED) is 0.627. The Morgan fingerprint density at radius 3 is 2.80 bits per heavy atom. The van der Waals surface area contributed by atoms with Gasteiger partial charge >= 0.3 is 11.7 Å². The van der Waals surface area contributed by atoms with Gasteiger partial charge in [-0.05, 0) is 23.6 Å². The van der Waals surface area contributed by atoms with Crippen molar-refractivity contribution in [2.45, 2.75) is 13.1 Å². The second kappa shape index (κ2) is 7.35. The highest BCUT2D eigenvalue weighted by molar-refractivity contribution is 7.09. The van der Waals surface area contributed by atoms with Crippen LogP contribution in [0.1, 0.15) is 4.88 Å². The second-order valence-electron chi connectivity index (χ2n) is 5.41. The van der Waals surface area contributed by atoms with Gasteiger partial charge in [-0.3, -0.25) is 14.2 Å². The van der Waals surface area contributed by atoms with E-state index in [9.17, 15) is 14.4 Å². The molecule has 2 aromatic heterocycles. The van der Waals surface area contributed by atoms with E-state index >= 15 is 0 Å². The summed E-state index contributed by atoms with van der Waals surface area (Å²) in [5, 5.41) is 1.93. The van der Waals surface area contributed by atoms with Crippen molar-refractivity contribution in [3.05, 3.63) is 57.2 Å². The molecule has 7 nitrogen and oxygen atoms in total. The molecule has 0 N–H and O–H groups in total. The van der Waals surface area contributed by atoms with Crippen LogP contribution >= 0.6 is 11.3 Å². The van der Waals surface area contributed by atoms with Crippen LogP contribution in [0, 0.1) is 0 Å². The number of esters is 1. The predicted molar refractivity (Wildman–Crippen MR) is 92.2 cm³/mol. The zero-order valence-corrected chi connectivity index (χ0v) is 14.3. The van der Waals surface area contributed by atoms with Crippen molar-refractivity contribution in [3.63, 3.8) is 0 Å². The number of benzene rings is 1. The van der Waals surface area contributed by atoms with Crippen molar-refractivity contribution < 1.29 is 18.7 Å². The van der Waals surface area contributed by atoms with Gasteiger partial charge < -0.3 is 14.1 Å². The SMILES string of the molecule is CN(Cc1cccs1)C(=O)COC(=O)Cn1c(=O)oc2ccccc21. The molecular formula is C17H16N2O5S. The van der Waals surface area contributed by atoms with Crippen molar-refractivity contribution in [1.82, 2.24) is 9.47 Å². The number of hydrogen-bond acceptors (Lipinski definition) is 6. The van der Waals surface area contributed by atoms with Crippen LogP contribution in [0.4, 0.5) is 0 Å². The Morgan fingerprint density at radius 1 is 1.24 bits per heavy atom. The molecule has 0 aliphatic carbocycles. The first kappa shape index (κ1) is 17.0. The first-order valence-corrected chi connectivity index (χ1v) is 8.43. The molecule has 0 spiro atoms. The van der Waals surface area contributed by atoms with Gasteiger partial charge in [-0.15, -0.1) is 11.3 Å². The fourth-order valence-electron chi connectivity index (χ4n) is 2.32. The maximum Gasteiger partial charge on any atom is 0.420 e. The first-order chi connectivity index (χ1) is 12.0. The summed E-state index contributed by atoms with van der Waals surface area (Å²) in [6, 6.07) is 10.6. The number of hydrogen-bond donors (Lipinski definition) is 0. The Morgan fingerprint density at radius 2 is 2.04 bits per heavy atom. The molecule has 0 bridgehead atoms. The molecule has 0 saturated heterocycles. The minimum absolute atomic E-state index is 0.308. The van der Waals surface area contributed by atoms with Gasteiger partial charge in [0.05, 0.1) is 12.1 Å². The molecule has 0 aliphatic rings. The van der Waals surface area contributed by atoms with Gasteiger partial charge in [0.25, 0.3) is 5.91 Å². The number of aromatic nitrogens is 1. The molecule has 130 valence electrons. The second-order valence-corrected chi connectivity index (χ2v) is 6.44. The number of carbonyl (C=O) groups excluding carboxylic acids is 2. The summed E-state index contributed by atoms with van der Waals surface area (Å²) in [6.45, 7) is -0.219. The number of para-hydroxylation sites is 2. The summed E-state index contributed by atoms with van der Waals surface area (Å²) in [6.07, 6.45) is 0. The largest absolute Gasteiger partial charge is 0.454 e. The minimum Gasteiger partial charge on any atom is -0.454 e. The Bertz CT molecular complexity index is 942. The van der Waals surface area contributed by atoms with E-state index in [4.69, 9.17) is 9.15 Å². The molecule has 0 atom stereocenters. The summed E-state index contributed by atoms with van der Waals surface area (Å²) in [4.78, 5) is 38.3. The van der Waals surface area contributed by atoms with Crippen LogP contribution < -0.4 is 5.76 Å². The summed E-state index contributed by atoms with van der Waals surface area (Å²) in [7, 11) is 1.64. The summed E-state index contributed by atoms with van der Waals surface area (Å²) >= 11 is 1.55. The third-order valence-corrected chi connectivity index (χ3v) is 4.48. The van der Waals surface area contributed by atoms with Gasteiger partial charge in [-0.25, -0.2) is 4.79 Å². The number of nitrogens with zero attached hydrogens (tertiary/aromatic N) is 2. The molecule has 1 aromatic carbocycles. The van der Waals surface area contributed by atoms with Crippen LogP contribution in [-0.2, 0) is 27.4 Å². The maximum atomic E-state index is 12.0. The average molecular weight is 360 g/mol. The number of rotatable bonds is 6. The van der Waals surface area contributed by atoms with E-state index in [0.29, 0.717) is 17.6 Å². The van der Waals surface area contributed by atoms with E-state index < -0.39 is 11.7 Å². The molecule has 0 radical (unpaired) electrons. The van der Waals surface area contributed by atoms with E-state index in [1.165, 1.54) is 9.47 Å². The van der Waals surface area contributed by atoms with Crippen molar-refractivity contribution in [1.29, 1.82) is 0 Å². The third kappa shape index (κ3) is 3.97. The normalized spacial score (nSPS) is 10.8. The molecule has 0 unspecified atom stereocenters. The van der Waals surface area contributed by atoms with Gasteiger partial charge in [0.1, 0.15) is 6.54 Å². The molecule has 3 aromatic rings. The monoisotopic (exact) mass is 360 g/mol. The van der Waals surface area contributed by atoms with Gasteiger partial charge in [0, 0.05) is 11.9 Å². The summed E-state index contributed by atoms with van der Waals surface area (Å²) in [5.74, 6) is -1.63. The number of oxazole rings is 1. The highest BCUT2D eigenvalue weighted by Crippen LogP contribution is 2.12. The van der Waals surface area contributed by atoms with E-state index in [0.717, 1.165) is 4.88 Å². The van der Waals surface area contributed by atoms with Gasteiger partial charge in [0.15, 0.2) is 12.2 Å². The minimum atomic E-state index is -0.675. The molecule has 2 heterocycles. The van der Waals surface area contributed by atoms with Crippen LogP contribution in [0.5, 0.6) is 0 Å². The maximum absolute atomic E-state index is 12.0. The highest BCUT2D eigenvalue weighted by atomic mass is 32.1. The zero-order valence-electron chi connectivity index (χ0n) is 13.5. The Hall–Kier alpha value is -2.87. The number of amides is 1. The molecule has 8 heteroatoms. The Labute approximate surface area is 147 Å². The van der Waals surface area contributed by atoms with E-state index in [1.54, 1.807) is 42.6 Å². The van der Waals surface area contributed by atoms with Crippen molar-refractivity contribution >= 4 is 34.3 Å². The highest BCUT2D eigenvalue weighted by Gasteiger charge is 2.16. The smallest absolute Gasteiger partial charge is 0.420 e. The van der Waals surface area contributed by atoms with Crippen LogP contribution in [0.25, 0.3) is 11.1 Å². The number of likely N-dealkylation sites (N-methyl/N-ethyl adjacent to an activating group) is 1. The average Bonchev–Trinajstić information content (AvgIpc) is 3.21. The molecule has 25 heavy (non-hydrogen) atoms. The fraction of sp³-hybridized carbons (Fsp3) is 0.235. The van der Waals surface area contributed by atoms with Crippen molar-refractivity contribution in [2.75, 3.05) is 13.7 Å². The fourth-order valence-corrected chi connectivity index (χ4v) is 3.07. The lowest BCUT2D eigenvalue weighted by atomic mass is 10.3. The molecule has 0 saturated carbocycles. The number of fused-ring (bicyclic) bond motifs is 1. The van der Waals surface area contributed by atoms with Crippen LogP contribution in [0.3, 0.4) is 0 Å². The van der Waals surface area contributed by atoms with Gasteiger partial charge in [-0.1, -0.05) is 18.2 Å². The Kier molecular flexibility index (Phi) is 4.99. The molecule has 1 amide bonds. The number of thiophene rings is 1. The number of ether oxygens (including phenoxy) is 1. The lowest BCUT2D eigenvalue weighted by molar-refractivity contribution is -0.152. The van der Waals surface area contributed by atoms with Gasteiger partial charge in [-0.2, -0.15) is 0 Å². The zero-order chi connectivity index (χ0) is 17.8. The van der Waals surface area contributed by atoms with E-state index in [-0.39, 0.29) is 19.1 Å². The summed E-state index contributed by atoms with van der Waals surface area (Å²) in [5.41, 5.74) is 0.901. The van der Waals surface area contributed by atoms with Crippen molar-refractivity contribution in [3.8, 4) is 0 Å². The topological polar surface area (TPSA) is 81.8 Å².